The first kappa shape index (κ1) is 28.0. The van der Waals surface area contributed by atoms with E-state index < -0.39 is 11.6 Å². The maximum Gasteiger partial charge on any atom is 0.439 e. The van der Waals surface area contributed by atoms with Gasteiger partial charge in [-0.2, -0.15) is 0 Å². The van der Waals surface area contributed by atoms with Crippen molar-refractivity contribution in [1.82, 2.24) is 24.8 Å². The molecule has 0 aliphatic carbocycles. The Kier molecular flexibility index (Phi) is 7.83. The fourth-order valence-corrected chi connectivity index (χ4v) is 5.37. The number of nitrogens with zero attached hydrogens (tertiary/aromatic N) is 4. The van der Waals surface area contributed by atoms with Crippen molar-refractivity contribution < 1.29 is 13.4 Å². The molecule has 0 spiro atoms. The third kappa shape index (κ3) is 5.68. The van der Waals surface area contributed by atoms with E-state index in [9.17, 15) is 14.0 Å². The first-order valence-electron chi connectivity index (χ1n) is 14.3. The van der Waals surface area contributed by atoms with Crippen molar-refractivity contribution in [3.8, 4) is 22.5 Å². The van der Waals surface area contributed by atoms with Crippen LogP contribution in [-0.2, 0) is 25.8 Å². The second-order valence-electron chi connectivity index (χ2n) is 10.4. The van der Waals surface area contributed by atoms with Gasteiger partial charge >= 0.3 is 5.76 Å². The van der Waals surface area contributed by atoms with Crippen LogP contribution in [0.15, 0.2) is 85.4 Å². The van der Waals surface area contributed by atoms with Crippen LogP contribution < -0.4 is 11.3 Å². The SMILES string of the molecule is CCCCc1nc(CC)n(Cc2noc3cc(F)ccc23)c(=O)c1Cc1ccc(-c2ccccc2-c2noc(=O)[nH]2)cc1. The highest BCUT2D eigenvalue weighted by atomic mass is 19.1. The minimum absolute atomic E-state index is 0.111. The molecule has 0 bridgehead atoms. The fourth-order valence-electron chi connectivity index (χ4n) is 5.37. The van der Waals surface area contributed by atoms with Gasteiger partial charge in [-0.05, 0) is 41.7 Å². The Balaban J connectivity index is 1.36. The Hall–Kier alpha value is -5.12. The first-order valence-corrected chi connectivity index (χ1v) is 14.3. The summed E-state index contributed by atoms with van der Waals surface area (Å²) < 4.78 is 25.4. The van der Waals surface area contributed by atoms with Crippen LogP contribution in [0.1, 0.15) is 55.0 Å². The van der Waals surface area contributed by atoms with Crippen LogP contribution in [0.5, 0.6) is 0 Å². The molecule has 0 atom stereocenters. The van der Waals surface area contributed by atoms with Crippen LogP contribution in [0.3, 0.4) is 0 Å². The third-order valence-corrected chi connectivity index (χ3v) is 7.60. The van der Waals surface area contributed by atoms with Crippen LogP contribution in [0.4, 0.5) is 4.39 Å². The quantitative estimate of drug-likeness (QED) is 0.209. The van der Waals surface area contributed by atoms with Crippen molar-refractivity contribution in [2.45, 2.75) is 52.5 Å². The lowest BCUT2D eigenvalue weighted by molar-refractivity contribution is 0.388. The van der Waals surface area contributed by atoms with E-state index in [0.717, 1.165) is 40.8 Å². The Morgan fingerprint density at radius 1 is 0.907 bits per heavy atom. The summed E-state index contributed by atoms with van der Waals surface area (Å²) in [5.41, 5.74) is 5.77. The van der Waals surface area contributed by atoms with Gasteiger partial charge in [0.05, 0.1) is 12.2 Å². The molecule has 0 radical (unpaired) electrons. The van der Waals surface area contributed by atoms with Crippen LogP contribution in [-0.4, -0.2) is 24.8 Å². The molecule has 6 aromatic rings. The average molecular weight is 580 g/mol. The Morgan fingerprint density at radius 2 is 1.70 bits per heavy atom. The number of benzene rings is 3. The van der Waals surface area contributed by atoms with Gasteiger partial charge in [0.25, 0.3) is 5.56 Å². The molecule has 0 aliphatic heterocycles. The van der Waals surface area contributed by atoms with Crippen molar-refractivity contribution >= 4 is 11.0 Å². The van der Waals surface area contributed by atoms with E-state index in [4.69, 9.17) is 14.0 Å². The molecule has 9 nitrogen and oxygen atoms in total. The second-order valence-corrected chi connectivity index (χ2v) is 10.4. The topological polar surface area (TPSA) is 120 Å². The molecule has 0 saturated heterocycles. The zero-order valence-electron chi connectivity index (χ0n) is 23.9. The first-order chi connectivity index (χ1) is 20.9. The van der Waals surface area contributed by atoms with Gasteiger partial charge in [0, 0.05) is 35.4 Å². The van der Waals surface area contributed by atoms with E-state index >= 15 is 0 Å². The number of hydrogen-bond donors (Lipinski definition) is 1. The van der Waals surface area contributed by atoms with Crippen LogP contribution >= 0.6 is 0 Å². The summed E-state index contributed by atoms with van der Waals surface area (Å²) in [5.74, 6) is 0.0142. The van der Waals surface area contributed by atoms with Crippen LogP contribution in [0.2, 0.25) is 0 Å². The molecule has 3 heterocycles. The smallest absolute Gasteiger partial charge is 0.356 e. The van der Waals surface area contributed by atoms with Crippen LogP contribution in [0.25, 0.3) is 33.5 Å². The minimum atomic E-state index is -0.613. The molecule has 3 aromatic heterocycles. The largest absolute Gasteiger partial charge is 0.439 e. The predicted molar refractivity (Wildman–Crippen MR) is 160 cm³/mol. The summed E-state index contributed by atoms with van der Waals surface area (Å²) in [6.45, 7) is 4.27. The zero-order valence-corrected chi connectivity index (χ0v) is 23.9. The number of nitrogens with one attached hydrogen (secondary N) is 1. The van der Waals surface area contributed by atoms with E-state index in [2.05, 4.69) is 22.2 Å². The van der Waals surface area contributed by atoms with Crippen molar-refractivity contribution in [2.75, 3.05) is 0 Å². The normalized spacial score (nSPS) is 11.4. The van der Waals surface area contributed by atoms with Crippen LogP contribution in [0, 0.1) is 5.82 Å². The molecule has 0 fully saturated rings. The number of hydrogen-bond acceptors (Lipinski definition) is 7. The van der Waals surface area contributed by atoms with Gasteiger partial charge in [0.15, 0.2) is 11.4 Å². The minimum Gasteiger partial charge on any atom is -0.356 e. The third-order valence-electron chi connectivity index (χ3n) is 7.60. The van der Waals surface area contributed by atoms with Gasteiger partial charge in [0.1, 0.15) is 17.3 Å². The summed E-state index contributed by atoms with van der Waals surface area (Å²) >= 11 is 0. The number of unbranched alkanes of at least 4 members (excludes halogenated alkanes) is 1. The van der Waals surface area contributed by atoms with Gasteiger partial charge in [-0.15, -0.1) is 0 Å². The number of aryl methyl sites for hydroxylation is 2. The van der Waals surface area contributed by atoms with Crippen molar-refractivity contribution in [2.24, 2.45) is 0 Å². The molecule has 10 heteroatoms. The summed E-state index contributed by atoms with van der Waals surface area (Å²) in [6, 6.07) is 19.9. The lowest BCUT2D eigenvalue weighted by Crippen LogP contribution is -2.31. The van der Waals surface area contributed by atoms with E-state index in [-0.39, 0.29) is 12.1 Å². The average Bonchev–Trinajstić information content (AvgIpc) is 3.64. The van der Waals surface area contributed by atoms with E-state index in [1.807, 2.05) is 55.5 Å². The number of H-pyrrole nitrogens is 1. The highest BCUT2D eigenvalue weighted by molar-refractivity contribution is 5.80. The summed E-state index contributed by atoms with van der Waals surface area (Å²) in [6.07, 6.45) is 3.61. The highest BCUT2D eigenvalue weighted by Crippen LogP contribution is 2.30. The summed E-state index contributed by atoms with van der Waals surface area (Å²) in [7, 11) is 0. The van der Waals surface area contributed by atoms with E-state index in [1.165, 1.54) is 12.1 Å². The standard InChI is InChI=1S/C33H30FN5O4/c1-3-5-10-27-26(32(40)39(30(4-2)35-27)19-28-25-16-15-22(34)18-29(25)42-37-28)17-20-11-13-21(14-12-20)23-8-6-7-9-24(23)31-36-33(41)43-38-31/h6-9,11-16,18H,3-5,10,17,19H2,1-2H3,(H,36,38,41). The van der Waals surface area contributed by atoms with E-state index in [0.29, 0.717) is 53.1 Å². The Morgan fingerprint density at radius 3 is 2.42 bits per heavy atom. The predicted octanol–water partition coefficient (Wildman–Crippen LogP) is 6.08. The summed E-state index contributed by atoms with van der Waals surface area (Å²) in [5, 5.41) is 8.65. The number of aromatic amines is 1. The van der Waals surface area contributed by atoms with E-state index in [1.54, 1.807) is 10.6 Å². The number of aromatic nitrogens is 5. The van der Waals surface area contributed by atoms with Gasteiger partial charge in [0.2, 0.25) is 0 Å². The molecule has 0 unspecified atom stereocenters. The molecular weight excluding hydrogens is 549 g/mol. The molecule has 3 aromatic carbocycles. The van der Waals surface area contributed by atoms with Gasteiger partial charge in [-0.3, -0.25) is 18.9 Å². The molecule has 6 rings (SSSR count). The Labute approximate surface area is 246 Å². The van der Waals surface area contributed by atoms with Crippen molar-refractivity contribution in [3.05, 3.63) is 122 Å². The maximum atomic E-state index is 14.1. The zero-order chi connectivity index (χ0) is 29.9. The molecule has 1 N–H and O–H groups in total. The highest BCUT2D eigenvalue weighted by Gasteiger charge is 2.19. The van der Waals surface area contributed by atoms with Crippen molar-refractivity contribution in [1.29, 1.82) is 0 Å². The molecular formula is C33H30FN5O4. The number of fused-ring (bicyclic) bond motifs is 1. The van der Waals surface area contributed by atoms with Crippen molar-refractivity contribution in [3.63, 3.8) is 0 Å². The molecule has 218 valence electrons. The second kappa shape index (κ2) is 12.0. The maximum absolute atomic E-state index is 14.1. The fraction of sp³-hybridized carbons (Fsp3) is 0.242. The van der Waals surface area contributed by atoms with Gasteiger partial charge < -0.3 is 4.52 Å². The molecule has 0 amide bonds. The number of halogens is 1. The van der Waals surface area contributed by atoms with Gasteiger partial charge in [-0.25, -0.2) is 14.2 Å². The molecule has 0 saturated carbocycles. The van der Waals surface area contributed by atoms with Gasteiger partial charge in [-0.1, -0.05) is 79.1 Å². The number of rotatable bonds is 10. The monoisotopic (exact) mass is 579 g/mol. The molecule has 43 heavy (non-hydrogen) atoms. The Bertz CT molecular complexity index is 2020. The summed E-state index contributed by atoms with van der Waals surface area (Å²) in [4.78, 5) is 33.2. The lowest BCUT2D eigenvalue weighted by Gasteiger charge is -2.16. The molecule has 0 aliphatic rings. The lowest BCUT2D eigenvalue weighted by atomic mass is 9.96.